The van der Waals surface area contributed by atoms with Gasteiger partial charge in [0, 0.05) is 0 Å². The number of hydrogen-bond acceptors (Lipinski definition) is 1. The van der Waals surface area contributed by atoms with E-state index in [-0.39, 0.29) is 5.41 Å². The maximum Gasteiger partial charge on any atom is 0.0841 e. The molecule has 0 aromatic heterocycles. The Balaban J connectivity index is 3.28. The molecule has 0 aliphatic rings. The smallest absolute Gasteiger partial charge is 0.0841 e. The molecular weight excluding hydrogens is 220 g/mol. The van der Waals surface area contributed by atoms with Crippen molar-refractivity contribution in [2.75, 3.05) is 0 Å². The molecule has 0 aliphatic heterocycles. The summed E-state index contributed by atoms with van der Waals surface area (Å²) in [6.07, 6.45) is -0.406. The molecule has 0 aliphatic carbocycles. The number of rotatable bonds is 3. The first-order valence-electron chi connectivity index (χ1n) is 6.96. The normalized spacial score (nSPS) is 14.3. The van der Waals surface area contributed by atoms with Crippen LogP contribution in [0.5, 0.6) is 0 Å². The van der Waals surface area contributed by atoms with Crippen LogP contribution >= 0.6 is 0 Å². The Morgan fingerprint density at radius 2 is 1.44 bits per heavy atom. The largest absolute Gasteiger partial charge is 0.388 e. The molecule has 0 saturated carbocycles. The highest BCUT2D eigenvalue weighted by Crippen LogP contribution is 2.37. The highest BCUT2D eigenvalue weighted by atomic mass is 16.3. The molecule has 0 bridgehead atoms. The molecule has 0 spiro atoms. The van der Waals surface area contributed by atoms with Crippen molar-refractivity contribution < 1.29 is 5.11 Å². The lowest BCUT2D eigenvalue weighted by molar-refractivity contribution is 0.0617. The molecule has 1 atom stereocenters. The molecule has 1 N–H and O–H groups in total. The van der Waals surface area contributed by atoms with E-state index in [0.29, 0.717) is 11.8 Å². The third-order valence-corrected chi connectivity index (χ3v) is 3.51. The molecule has 1 aromatic carbocycles. The van der Waals surface area contributed by atoms with E-state index in [4.69, 9.17) is 0 Å². The first kappa shape index (κ1) is 15.2. The summed E-state index contributed by atoms with van der Waals surface area (Å²) in [5, 5.41) is 10.5. The van der Waals surface area contributed by atoms with E-state index >= 15 is 0 Å². The second-order valence-corrected chi connectivity index (χ2v) is 6.97. The molecule has 1 rings (SSSR count). The lowest BCUT2D eigenvalue weighted by Crippen LogP contribution is -2.19. The fourth-order valence-electron chi connectivity index (χ4n) is 2.17. The molecule has 0 saturated heterocycles. The van der Waals surface area contributed by atoms with Gasteiger partial charge in [0.25, 0.3) is 0 Å². The SMILES string of the molecule is CC(C)c1ccc(C(O)C(C)(C)C)c(C(C)C)c1. The molecule has 1 aromatic rings. The molecule has 1 nitrogen and oxygen atoms in total. The number of aliphatic hydroxyl groups is 1. The predicted octanol–water partition coefficient (Wildman–Crippen LogP) is 5.01. The average Bonchev–Trinajstić information content (AvgIpc) is 2.25. The van der Waals surface area contributed by atoms with E-state index < -0.39 is 6.10 Å². The summed E-state index contributed by atoms with van der Waals surface area (Å²) in [6, 6.07) is 6.53. The Kier molecular flexibility index (Phi) is 4.61. The predicted molar refractivity (Wildman–Crippen MR) is 79.0 cm³/mol. The minimum Gasteiger partial charge on any atom is -0.388 e. The van der Waals surface area contributed by atoms with E-state index in [1.54, 1.807) is 0 Å². The third-order valence-electron chi connectivity index (χ3n) is 3.51. The van der Waals surface area contributed by atoms with Gasteiger partial charge in [-0.25, -0.2) is 0 Å². The van der Waals surface area contributed by atoms with Gasteiger partial charge in [0.2, 0.25) is 0 Å². The summed E-state index contributed by atoms with van der Waals surface area (Å²) in [6.45, 7) is 15.0. The van der Waals surface area contributed by atoms with E-state index in [9.17, 15) is 5.11 Å². The minimum absolute atomic E-state index is 0.122. The van der Waals surface area contributed by atoms with Crippen LogP contribution < -0.4 is 0 Å². The van der Waals surface area contributed by atoms with Crippen molar-refractivity contribution in [2.45, 2.75) is 66.4 Å². The topological polar surface area (TPSA) is 20.2 Å². The van der Waals surface area contributed by atoms with Crippen LogP contribution in [0.3, 0.4) is 0 Å². The molecule has 0 fully saturated rings. The van der Waals surface area contributed by atoms with Crippen LogP contribution in [0.2, 0.25) is 0 Å². The van der Waals surface area contributed by atoms with Gasteiger partial charge in [-0.15, -0.1) is 0 Å². The summed E-state index contributed by atoms with van der Waals surface area (Å²) < 4.78 is 0. The number of aliphatic hydroxyl groups excluding tert-OH is 1. The van der Waals surface area contributed by atoms with E-state index in [2.05, 4.69) is 66.7 Å². The van der Waals surface area contributed by atoms with Crippen molar-refractivity contribution in [3.05, 3.63) is 34.9 Å². The zero-order valence-corrected chi connectivity index (χ0v) is 12.9. The highest BCUT2D eigenvalue weighted by Gasteiger charge is 2.26. The van der Waals surface area contributed by atoms with Crippen LogP contribution in [0.1, 0.15) is 83.1 Å². The Morgan fingerprint density at radius 1 is 0.889 bits per heavy atom. The summed E-state index contributed by atoms with van der Waals surface area (Å²) in [5.41, 5.74) is 3.59. The first-order valence-corrected chi connectivity index (χ1v) is 6.96. The molecule has 0 heterocycles. The minimum atomic E-state index is -0.406. The quantitative estimate of drug-likeness (QED) is 0.797. The zero-order valence-electron chi connectivity index (χ0n) is 12.9. The lowest BCUT2D eigenvalue weighted by Gasteiger charge is -2.29. The van der Waals surface area contributed by atoms with Gasteiger partial charge in [-0.2, -0.15) is 0 Å². The van der Waals surface area contributed by atoms with Gasteiger partial charge in [0.05, 0.1) is 6.10 Å². The van der Waals surface area contributed by atoms with Crippen LogP contribution in [-0.2, 0) is 0 Å². The zero-order chi connectivity index (χ0) is 14.1. The lowest BCUT2D eigenvalue weighted by atomic mass is 9.80. The first-order chi connectivity index (χ1) is 8.14. The average molecular weight is 248 g/mol. The van der Waals surface area contributed by atoms with Crippen molar-refractivity contribution in [3.63, 3.8) is 0 Å². The Bertz CT molecular complexity index is 397. The van der Waals surface area contributed by atoms with Gasteiger partial charge in [0.1, 0.15) is 0 Å². The second kappa shape index (κ2) is 5.44. The molecule has 1 heteroatoms. The molecule has 1 unspecified atom stereocenters. The summed E-state index contributed by atoms with van der Waals surface area (Å²) in [4.78, 5) is 0. The van der Waals surface area contributed by atoms with Gasteiger partial charge in [0.15, 0.2) is 0 Å². The Hall–Kier alpha value is -0.820. The van der Waals surface area contributed by atoms with Gasteiger partial charge in [-0.05, 0) is 33.9 Å². The van der Waals surface area contributed by atoms with E-state index in [1.165, 1.54) is 11.1 Å². The van der Waals surface area contributed by atoms with Gasteiger partial charge in [-0.3, -0.25) is 0 Å². The Labute approximate surface area is 112 Å². The molecule has 0 amide bonds. The number of benzene rings is 1. The number of hydrogen-bond donors (Lipinski definition) is 1. The summed E-state index contributed by atoms with van der Waals surface area (Å²) in [5.74, 6) is 0.971. The van der Waals surface area contributed by atoms with Gasteiger partial charge >= 0.3 is 0 Å². The summed E-state index contributed by atoms with van der Waals surface area (Å²) >= 11 is 0. The van der Waals surface area contributed by atoms with Crippen LogP contribution in [0.25, 0.3) is 0 Å². The maximum absolute atomic E-state index is 10.5. The fraction of sp³-hybridized carbons (Fsp3) is 0.647. The van der Waals surface area contributed by atoms with Crippen LogP contribution in [0, 0.1) is 5.41 Å². The third kappa shape index (κ3) is 3.35. The van der Waals surface area contributed by atoms with Crippen LogP contribution in [0.15, 0.2) is 18.2 Å². The van der Waals surface area contributed by atoms with E-state index in [1.807, 2.05) is 0 Å². The highest BCUT2D eigenvalue weighted by molar-refractivity contribution is 5.37. The van der Waals surface area contributed by atoms with Crippen molar-refractivity contribution in [3.8, 4) is 0 Å². The van der Waals surface area contributed by atoms with Gasteiger partial charge < -0.3 is 5.11 Å². The van der Waals surface area contributed by atoms with Crippen molar-refractivity contribution in [1.29, 1.82) is 0 Å². The Morgan fingerprint density at radius 3 is 1.83 bits per heavy atom. The van der Waals surface area contributed by atoms with Gasteiger partial charge in [-0.1, -0.05) is 66.7 Å². The molecule has 0 radical (unpaired) electrons. The molecular formula is C17H28O. The maximum atomic E-state index is 10.5. The summed E-state index contributed by atoms with van der Waals surface area (Å²) in [7, 11) is 0. The second-order valence-electron chi connectivity index (χ2n) is 6.97. The van der Waals surface area contributed by atoms with Crippen LogP contribution in [-0.4, -0.2) is 5.11 Å². The van der Waals surface area contributed by atoms with Crippen molar-refractivity contribution >= 4 is 0 Å². The monoisotopic (exact) mass is 248 g/mol. The fourth-order valence-corrected chi connectivity index (χ4v) is 2.17. The van der Waals surface area contributed by atoms with E-state index in [0.717, 1.165) is 5.56 Å². The standard InChI is InChI=1S/C17H28O/c1-11(2)13-8-9-14(15(10-13)12(3)4)16(18)17(5,6)7/h8-12,16,18H,1-7H3. The molecule has 102 valence electrons. The van der Waals surface area contributed by atoms with Crippen molar-refractivity contribution in [1.82, 2.24) is 0 Å². The van der Waals surface area contributed by atoms with Crippen molar-refractivity contribution in [2.24, 2.45) is 5.41 Å². The molecule has 18 heavy (non-hydrogen) atoms. The van der Waals surface area contributed by atoms with Crippen LogP contribution in [0.4, 0.5) is 0 Å².